The number of aromatic nitrogens is 3. The van der Waals surface area contributed by atoms with E-state index < -0.39 is 0 Å². The molecule has 1 aliphatic rings. The number of hydrogen-bond acceptors (Lipinski definition) is 8. The van der Waals surface area contributed by atoms with Gasteiger partial charge in [0.2, 0.25) is 11.9 Å². The van der Waals surface area contributed by atoms with Gasteiger partial charge in [0.1, 0.15) is 0 Å². The van der Waals surface area contributed by atoms with Crippen LogP contribution in [0.15, 0.2) is 30.3 Å². The van der Waals surface area contributed by atoms with Crippen molar-refractivity contribution in [2.75, 3.05) is 42.0 Å². The molecule has 0 unspecified atom stereocenters. The first-order valence-electron chi connectivity index (χ1n) is 7.12. The molecule has 1 saturated heterocycles. The Morgan fingerprint density at radius 3 is 2.50 bits per heavy atom. The molecule has 0 bridgehead atoms. The molecule has 3 N–H and O–H groups in total. The van der Waals surface area contributed by atoms with Gasteiger partial charge >= 0.3 is 0 Å². The molecule has 1 fully saturated rings. The van der Waals surface area contributed by atoms with Crippen LogP contribution in [0.1, 0.15) is 5.56 Å². The maximum Gasteiger partial charge on any atom is 0.253 e. The first kappa shape index (κ1) is 14.5. The van der Waals surface area contributed by atoms with E-state index >= 15 is 0 Å². The van der Waals surface area contributed by atoms with Crippen LogP contribution >= 0.6 is 0 Å². The predicted molar refractivity (Wildman–Crippen MR) is 82.0 cm³/mol. The molecule has 3 rings (SSSR count). The van der Waals surface area contributed by atoms with Gasteiger partial charge in [-0.1, -0.05) is 30.3 Å². The highest BCUT2D eigenvalue weighted by Crippen LogP contribution is 2.15. The Morgan fingerprint density at radius 2 is 1.77 bits per heavy atom. The Balaban J connectivity index is 1.75. The molecule has 8 nitrogen and oxygen atoms in total. The molecular formula is C14H18N6O2. The van der Waals surface area contributed by atoms with Crippen molar-refractivity contribution in [1.82, 2.24) is 15.0 Å². The number of nitrogens with one attached hydrogen (secondary N) is 2. The van der Waals surface area contributed by atoms with Gasteiger partial charge in [0.05, 0.1) is 13.2 Å². The van der Waals surface area contributed by atoms with Gasteiger partial charge in [-0.3, -0.25) is 5.21 Å². The van der Waals surface area contributed by atoms with E-state index in [1.807, 2.05) is 40.7 Å². The van der Waals surface area contributed by atoms with Crippen LogP contribution in [0.4, 0.5) is 17.8 Å². The van der Waals surface area contributed by atoms with Crippen molar-refractivity contribution < 1.29 is 9.94 Å². The lowest BCUT2D eigenvalue weighted by molar-refractivity contribution is 0.122. The molecule has 2 aromatic rings. The van der Waals surface area contributed by atoms with Crippen LogP contribution in [0.2, 0.25) is 0 Å². The summed E-state index contributed by atoms with van der Waals surface area (Å²) in [6.07, 6.45) is 0. The monoisotopic (exact) mass is 302 g/mol. The standard InChI is InChI=1S/C14H18N6O2/c21-19-13-16-12(15-10-11-4-2-1-3-5-11)17-14(18-13)20-6-8-22-9-7-20/h1-5,21H,6-10H2,(H2,15,16,17,18,19). The Morgan fingerprint density at radius 1 is 1.05 bits per heavy atom. The second-order valence-corrected chi connectivity index (χ2v) is 4.83. The van der Waals surface area contributed by atoms with Gasteiger partial charge in [-0.05, 0) is 5.56 Å². The molecule has 8 heteroatoms. The molecule has 116 valence electrons. The van der Waals surface area contributed by atoms with E-state index in [0.717, 1.165) is 5.56 Å². The third-order valence-corrected chi connectivity index (χ3v) is 3.31. The highest BCUT2D eigenvalue weighted by molar-refractivity contribution is 5.43. The van der Waals surface area contributed by atoms with E-state index in [2.05, 4.69) is 20.3 Å². The zero-order valence-corrected chi connectivity index (χ0v) is 12.1. The van der Waals surface area contributed by atoms with Crippen molar-refractivity contribution in [2.45, 2.75) is 6.54 Å². The lowest BCUT2D eigenvalue weighted by Crippen LogP contribution is -2.37. The van der Waals surface area contributed by atoms with Crippen molar-refractivity contribution in [3.05, 3.63) is 35.9 Å². The lowest BCUT2D eigenvalue weighted by Gasteiger charge is -2.27. The maximum absolute atomic E-state index is 9.10. The zero-order valence-electron chi connectivity index (χ0n) is 12.1. The minimum atomic E-state index is 0.118. The molecule has 1 aliphatic heterocycles. The summed E-state index contributed by atoms with van der Waals surface area (Å²) >= 11 is 0. The second kappa shape index (κ2) is 7.01. The van der Waals surface area contributed by atoms with E-state index in [1.54, 1.807) is 0 Å². The molecule has 0 radical (unpaired) electrons. The van der Waals surface area contributed by atoms with Gasteiger partial charge < -0.3 is 15.0 Å². The van der Waals surface area contributed by atoms with Gasteiger partial charge in [0.25, 0.3) is 5.95 Å². The minimum Gasteiger partial charge on any atom is -0.378 e. The molecule has 2 heterocycles. The number of anilines is 3. The van der Waals surface area contributed by atoms with Crippen molar-refractivity contribution in [3.8, 4) is 0 Å². The number of ether oxygens (including phenoxy) is 1. The highest BCUT2D eigenvalue weighted by Gasteiger charge is 2.16. The number of rotatable bonds is 5. The van der Waals surface area contributed by atoms with Crippen LogP contribution in [-0.2, 0) is 11.3 Å². The van der Waals surface area contributed by atoms with Crippen LogP contribution in [0.25, 0.3) is 0 Å². The summed E-state index contributed by atoms with van der Waals surface area (Å²) in [5.41, 5.74) is 3.10. The summed E-state index contributed by atoms with van der Waals surface area (Å²) < 4.78 is 5.32. The highest BCUT2D eigenvalue weighted by atomic mass is 16.5. The van der Waals surface area contributed by atoms with E-state index in [9.17, 15) is 0 Å². The zero-order chi connectivity index (χ0) is 15.2. The molecule has 0 aliphatic carbocycles. The van der Waals surface area contributed by atoms with Crippen molar-refractivity contribution in [2.24, 2.45) is 0 Å². The third kappa shape index (κ3) is 3.60. The van der Waals surface area contributed by atoms with Crippen LogP contribution in [0.5, 0.6) is 0 Å². The Bertz CT molecular complexity index is 604. The fraction of sp³-hybridized carbons (Fsp3) is 0.357. The Kier molecular flexibility index (Phi) is 4.62. The van der Waals surface area contributed by atoms with Gasteiger partial charge in [-0.15, -0.1) is 0 Å². The number of nitrogens with zero attached hydrogens (tertiary/aromatic N) is 4. The summed E-state index contributed by atoms with van der Waals surface area (Å²) in [6, 6.07) is 9.95. The first-order chi connectivity index (χ1) is 10.8. The molecule has 1 aromatic heterocycles. The largest absolute Gasteiger partial charge is 0.378 e. The lowest BCUT2D eigenvalue weighted by atomic mass is 10.2. The summed E-state index contributed by atoms with van der Waals surface area (Å²) in [6.45, 7) is 3.30. The van der Waals surface area contributed by atoms with Crippen molar-refractivity contribution in [1.29, 1.82) is 0 Å². The van der Waals surface area contributed by atoms with E-state index in [1.165, 1.54) is 0 Å². The van der Waals surface area contributed by atoms with Crippen LogP contribution in [0.3, 0.4) is 0 Å². The van der Waals surface area contributed by atoms with Crippen molar-refractivity contribution in [3.63, 3.8) is 0 Å². The van der Waals surface area contributed by atoms with E-state index in [0.29, 0.717) is 44.7 Å². The first-order valence-corrected chi connectivity index (χ1v) is 7.12. The molecule has 0 saturated carbocycles. The van der Waals surface area contributed by atoms with E-state index in [4.69, 9.17) is 9.94 Å². The Labute approximate surface area is 128 Å². The average Bonchev–Trinajstić information content (AvgIpc) is 2.61. The van der Waals surface area contributed by atoms with Crippen LogP contribution in [-0.4, -0.2) is 46.5 Å². The normalized spacial score (nSPS) is 14.7. The number of morpholine rings is 1. The molecular weight excluding hydrogens is 284 g/mol. The summed E-state index contributed by atoms with van der Waals surface area (Å²) in [5.74, 6) is 1.05. The van der Waals surface area contributed by atoms with Gasteiger partial charge in [-0.25, -0.2) is 5.48 Å². The van der Waals surface area contributed by atoms with Gasteiger partial charge in [-0.2, -0.15) is 15.0 Å². The number of hydrogen-bond donors (Lipinski definition) is 3. The predicted octanol–water partition coefficient (Wildman–Crippen LogP) is 1.12. The molecule has 22 heavy (non-hydrogen) atoms. The molecule has 0 spiro atoms. The fourth-order valence-corrected chi connectivity index (χ4v) is 2.18. The van der Waals surface area contributed by atoms with Crippen molar-refractivity contribution >= 4 is 17.8 Å². The van der Waals surface area contributed by atoms with E-state index in [-0.39, 0.29) is 5.95 Å². The van der Waals surface area contributed by atoms with Crippen LogP contribution < -0.4 is 15.7 Å². The molecule has 1 aromatic carbocycles. The fourth-order valence-electron chi connectivity index (χ4n) is 2.18. The summed E-state index contributed by atoms with van der Waals surface area (Å²) in [7, 11) is 0. The van der Waals surface area contributed by atoms with Crippen LogP contribution in [0, 0.1) is 0 Å². The Hall–Kier alpha value is -2.45. The molecule has 0 amide bonds. The molecule has 0 atom stereocenters. The summed E-state index contributed by atoms with van der Waals surface area (Å²) in [4.78, 5) is 14.7. The third-order valence-electron chi connectivity index (χ3n) is 3.31. The quantitative estimate of drug-likeness (QED) is 0.707. The van der Waals surface area contributed by atoms with Gasteiger partial charge in [0, 0.05) is 19.6 Å². The topological polar surface area (TPSA) is 95.4 Å². The number of benzene rings is 1. The summed E-state index contributed by atoms with van der Waals surface area (Å²) in [5, 5.41) is 12.2. The maximum atomic E-state index is 9.10. The smallest absolute Gasteiger partial charge is 0.253 e. The SMILES string of the molecule is ONc1nc(NCc2ccccc2)nc(N2CCOCC2)n1. The van der Waals surface area contributed by atoms with Gasteiger partial charge in [0.15, 0.2) is 0 Å². The minimum absolute atomic E-state index is 0.118. The average molecular weight is 302 g/mol. The second-order valence-electron chi connectivity index (χ2n) is 4.83.